The van der Waals surface area contributed by atoms with E-state index < -0.39 is 16.1 Å². The van der Waals surface area contributed by atoms with Crippen molar-refractivity contribution in [3.63, 3.8) is 0 Å². The summed E-state index contributed by atoms with van der Waals surface area (Å²) in [6, 6.07) is 12.1. The number of sulfonamides is 1. The molecule has 8 heteroatoms. The molecular formula is C23H32ClN3O3S. The number of anilines is 2. The van der Waals surface area contributed by atoms with Gasteiger partial charge in [0.25, 0.3) is 0 Å². The standard InChI is InChI=1S/C23H32ClN3O3S/c1-6-22(27(31(5,29)30)20-12-9-17(4)21(24)15-20)23(28)25-16-18-10-13-19(14-11-18)26(7-2)8-3/h9-15,22H,6-8,16H2,1-5H3,(H,25,28). The molecule has 0 aromatic heterocycles. The van der Waals surface area contributed by atoms with Crippen LogP contribution in [0.4, 0.5) is 11.4 Å². The quantitative estimate of drug-likeness (QED) is 0.566. The third-order valence-electron chi connectivity index (χ3n) is 5.27. The Morgan fingerprint density at radius 1 is 1.03 bits per heavy atom. The van der Waals surface area contributed by atoms with Gasteiger partial charge in [0.05, 0.1) is 11.9 Å². The van der Waals surface area contributed by atoms with Crippen LogP contribution < -0.4 is 14.5 Å². The predicted octanol–water partition coefficient (Wildman–Crippen LogP) is 4.36. The summed E-state index contributed by atoms with van der Waals surface area (Å²) in [5.74, 6) is -0.350. The van der Waals surface area contributed by atoms with Crippen LogP contribution in [0.25, 0.3) is 0 Å². The van der Waals surface area contributed by atoms with Crippen molar-refractivity contribution in [2.75, 3.05) is 28.6 Å². The van der Waals surface area contributed by atoms with Gasteiger partial charge in [-0.15, -0.1) is 0 Å². The molecule has 0 radical (unpaired) electrons. The van der Waals surface area contributed by atoms with Crippen molar-refractivity contribution < 1.29 is 13.2 Å². The van der Waals surface area contributed by atoms with E-state index in [1.165, 1.54) is 0 Å². The number of benzene rings is 2. The van der Waals surface area contributed by atoms with Gasteiger partial charge in [0.15, 0.2) is 0 Å². The molecule has 2 aromatic rings. The summed E-state index contributed by atoms with van der Waals surface area (Å²) in [5.41, 5.74) is 3.29. The van der Waals surface area contributed by atoms with E-state index >= 15 is 0 Å². The predicted molar refractivity (Wildman–Crippen MR) is 129 cm³/mol. The summed E-state index contributed by atoms with van der Waals surface area (Å²) in [5, 5.41) is 3.34. The van der Waals surface area contributed by atoms with E-state index in [0.29, 0.717) is 23.7 Å². The molecule has 6 nitrogen and oxygen atoms in total. The highest BCUT2D eigenvalue weighted by molar-refractivity contribution is 7.92. The van der Waals surface area contributed by atoms with Gasteiger partial charge >= 0.3 is 0 Å². The number of rotatable bonds is 10. The largest absolute Gasteiger partial charge is 0.372 e. The van der Waals surface area contributed by atoms with Crippen molar-refractivity contribution >= 4 is 38.9 Å². The van der Waals surface area contributed by atoms with E-state index in [-0.39, 0.29) is 5.91 Å². The Morgan fingerprint density at radius 2 is 1.61 bits per heavy atom. The number of amides is 1. The Kier molecular flexibility index (Phi) is 8.77. The molecule has 0 aliphatic heterocycles. The van der Waals surface area contributed by atoms with E-state index in [2.05, 4.69) is 24.1 Å². The van der Waals surface area contributed by atoms with Crippen molar-refractivity contribution in [3.8, 4) is 0 Å². The minimum absolute atomic E-state index is 0.320. The van der Waals surface area contributed by atoms with Gasteiger partial charge in [-0.3, -0.25) is 9.10 Å². The fourth-order valence-corrected chi connectivity index (χ4v) is 4.88. The van der Waals surface area contributed by atoms with Gasteiger partial charge in [0.2, 0.25) is 15.9 Å². The fraction of sp³-hybridized carbons (Fsp3) is 0.435. The second-order valence-corrected chi connectivity index (χ2v) is 9.74. The fourth-order valence-electron chi connectivity index (χ4n) is 3.50. The van der Waals surface area contributed by atoms with Crippen molar-refractivity contribution in [2.45, 2.75) is 46.7 Å². The number of nitrogens with one attached hydrogen (secondary N) is 1. The Morgan fingerprint density at radius 3 is 2.10 bits per heavy atom. The average Bonchev–Trinajstić information content (AvgIpc) is 2.73. The Hall–Kier alpha value is -2.25. The number of hydrogen-bond acceptors (Lipinski definition) is 4. The summed E-state index contributed by atoms with van der Waals surface area (Å²) in [6.45, 7) is 10.0. The molecule has 1 N–H and O–H groups in total. The number of halogens is 1. The highest BCUT2D eigenvalue weighted by atomic mass is 35.5. The lowest BCUT2D eigenvalue weighted by Gasteiger charge is -2.30. The summed E-state index contributed by atoms with van der Waals surface area (Å²) in [4.78, 5) is 15.2. The molecule has 1 amide bonds. The molecule has 31 heavy (non-hydrogen) atoms. The van der Waals surface area contributed by atoms with E-state index in [0.717, 1.165) is 40.5 Å². The Bertz CT molecular complexity index is 990. The molecule has 0 saturated heterocycles. The second kappa shape index (κ2) is 10.9. The topological polar surface area (TPSA) is 69.7 Å². The molecule has 1 unspecified atom stereocenters. The van der Waals surface area contributed by atoms with Gasteiger partial charge in [-0.2, -0.15) is 0 Å². The molecular weight excluding hydrogens is 434 g/mol. The van der Waals surface area contributed by atoms with Crippen LogP contribution >= 0.6 is 11.6 Å². The van der Waals surface area contributed by atoms with Crippen LogP contribution in [0.3, 0.4) is 0 Å². The summed E-state index contributed by atoms with van der Waals surface area (Å²) < 4.78 is 26.3. The smallest absolute Gasteiger partial charge is 0.244 e. The number of carbonyl (C=O) groups is 1. The lowest BCUT2D eigenvalue weighted by atomic mass is 10.1. The molecule has 0 saturated carbocycles. The molecule has 2 rings (SSSR count). The van der Waals surface area contributed by atoms with Crippen LogP contribution in [0.15, 0.2) is 42.5 Å². The monoisotopic (exact) mass is 465 g/mol. The maximum absolute atomic E-state index is 13.0. The maximum atomic E-state index is 13.0. The van der Waals surface area contributed by atoms with E-state index in [1.807, 2.05) is 31.2 Å². The minimum Gasteiger partial charge on any atom is -0.372 e. The second-order valence-electron chi connectivity index (χ2n) is 7.47. The lowest BCUT2D eigenvalue weighted by molar-refractivity contribution is -0.122. The number of carbonyl (C=O) groups excluding carboxylic acids is 1. The normalized spacial score (nSPS) is 12.3. The minimum atomic E-state index is -3.70. The lowest BCUT2D eigenvalue weighted by Crippen LogP contribution is -2.49. The first-order chi connectivity index (χ1) is 14.6. The molecule has 170 valence electrons. The Balaban J connectivity index is 2.19. The van der Waals surface area contributed by atoms with Gasteiger partial charge < -0.3 is 10.2 Å². The number of aryl methyl sites for hydroxylation is 1. The first kappa shape index (κ1) is 25.0. The Labute approximate surface area is 191 Å². The van der Waals surface area contributed by atoms with Crippen molar-refractivity contribution in [1.29, 1.82) is 0 Å². The molecule has 0 spiro atoms. The number of nitrogens with zero attached hydrogens (tertiary/aromatic N) is 2. The third kappa shape index (κ3) is 6.37. The molecule has 0 fully saturated rings. The average molecular weight is 466 g/mol. The molecule has 0 aliphatic carbocycles. The zero-order valence-corrected chi connectivity index (χ0v) is 20.4. The van der Waals surface area contributed by atoms with Crippen LogP contribution in [0.1, 0.15) is 38.3 Å². The maximum Gasteiger partial charge on any atom is 0.244 e. The van der Waals surface area contributed by atoms with Crippen molar-refractivity contribution in [1.82, 2.24) is 5.32 Å². The van der Waals surface area contributed by atoms with Crippen LogP contribution in [0.2, 0.25) is 5.02 Å². The van der Waals surface area contributed by atoms with Crippen LogP contribution in [-0.4, -0.2) is 39.7 Å². The molecule has 0 aliphatic rings. The summed E-state index contributed by atoms with van der Waals surface area (Å²) in [7, 11) is -3.70. The third-order valence-corrected chi connectivity index (χ3v) is 6.86. The first-order valence-corrected chi connectivity index (χ1v) is 12.7. The van der Waals surface area contributed by atoms with Gasteiger partial charge in [-0.1, -0.05) is 36.7 Å². The zero-order valence-electron chi connectivity index (χ0n) is 18.9. The van der Waals surface area contributed by atoms with E-state index in [1.54, 1.807) is 25.1 Å². The first-order valence-electron chi connectivity index (χ1n) is 10.5. The molecule has 0 heterocycles. The van der Waals surface area contributed by atoms with Crippen LogP contribution in [-0.2, 0) is 21.4 Å². The van der Waals surface area contributed by atoms with E-state index in [9.17, 15) is 13.2 Å². The zero-order chi connectivity index (χ0) is 23.2. The summed E-state index contributed by atoms with van der Waals surface area (Å²) in [6.07, 6.45) is 1.42. The van der Waals surface area contributed by atoms with Crippen molar-refractivity contribution in [2.24, 2.45) is 0 Å². The highest BCUT2D eigenvalue weighted by Gasteiger charge is 2.31. The van der Waals surface area contributed by atoms with Gasteiger partial charge in [0.1, 0.15) is 6.04 Å². The van der Waals surface area contributed by atoms with Gasteiger partial charge in [-0.25, -0.2) is 8.42 Å². The molecule has 0 bridgehead atoms. The molecule has 2 aromatic carbocycles. The molecule has 1 atom stereocenters. The van der Waals surface area contributed by atoms with E-state index in [4.69, 9.17) is 11.6 Å². The highest BCUT2D eigenvalue weighted by Crippen LogP contribution is 2.27. The van der Waals surface area contributed by atoms with Gasteiger partial charge in [-0.05, 0) is 62.6 Å². The van der Waals surface area contributed by atoms with Gasteiger partial charge in [0, 0.05) is 30.3 Å². The van der Waals surface area contributed by atoms with Crippen LogP contribution in [0, 0.1) is 6.92 Å². The van der Waals surface area contributed by atoms with Crippen LogP contribution in [0.5, 0.6) is 0 Å². The van der Waals surface area contributed by atoms with Crippen molar-refractivity contribution in [3.05, 3.63) is 58.6 Å². The number of hydrogen-bond donors (Lipinski definition) is 1. The SMILES string of the molecule is CCC(C(=O)NCc1ccc(N(CC)CC)cc1)N(c1ccc(C)c(Cl)c1)S(C)(=O)=O. The summed E-state index contributed by atoms with van der Waals surface area (Å²) >= 11 is 6.21.